The van der Waals surface area contributed by atoms with E-state index >= 15 is 0 Å². The number of rotatable bonds is 7. The Morgan fingerprint density at radius 3 is 2.81 bits per heavy atom. The van der Waals surface area contributed by atoms with Crippen LogP contribution < -0.4 is 10.1 Å². The molecule has 1 N–H and O–H groups in total. The van der Waals surface area contributed by atoms with Gasteiger partial charge in [-0.1, -0.05) is 41.9 Å². The molecule has 0 aliphatic heterocycles. The van der Waals surface area contributed by atoms with E-state index in [-0.39, 0.29) is 12.6 Å². The first kappa shape index (κ1) is 20.7. The summed E-state index contributed by atoms with van der Waals surface area (Å²) in [5.41, 5.74) is 4.00. The van der Waals surface area contributed by atoms with Crippen molar-refractivity contribution in [1.82, 2.24) is 19.6 Å². The first-order valence-electron chi connectivity index (χ1n) is 9.78. The predicted molar refractivity (Wildman–Crippen MR) is 120 cm³/mol. The minimum absolute atomic E-state index is 0.216. The summed E-state index contributed by atoms with van der Waals surface area (Å²) in [6, 6.07) is 15.3. The molecule has 158 valence electrons. The highest BCUT2D eigenvalue weighted by Gasteiger charge is 2.12. The third-order valence-electron chi connectivity index (χ3n) is 4.75. The quantitative estimate of drug-likeness (QED) is 0.457. The number of amides is 1. The van der Waals surface area contributed by atoms with Crippen LogP contribution in [0.15, 0.2) is 67.1 Å². The highest BCUT2D eigenvalue weighted by Crippen LogP contribution is 2.20. The van der Waals surface area contributed by atoms with E-state index in [9.17, 15) is 4.79 Å². The van der Waals surface area contributed by atoms with E-state index in [1.165, 1.54) is 0 Å². The molecule has 0 saturated heterocycles. The minimum atomic E-state index is -0.317. The van der Waals surface area contributed by atoms with Gasteiger partial charge in [-0.25, -0.2) is 4.68 Å². The predicted octanol–water partition coefficient (Wildman–Crippen LogP) is 4.69. The maximum atomic E-state index is 12.5. The van der Waals surface area contributed by atoms with Gasteiger partial charge in [0.15, 0.2) is 12.4 Å². The van der Waals surface area contributed by atoms with Crippen LogP contribution in [-0.4, -0.2) is 25.5 Å². The Bertz CT molecular complexity index is 1210. The third-order valence-corrected chi connectivity index (χ3v) is 5.12. The zero-order chi connectivity index (χ0) is 21.8. The number of carbonyl (C=O) groups excluding carboxylic acids is 1. The van der Waals surface area contributed by atoms with Gasteiger partial charge in [-0.3, -0.25) is 9.48 Å². The summed E-state index contributed by atoms with van der Waals surface area (Å²) in [6.07, 6.45) is 5.05. The molecule has 8 heteroatoms. The van der Waals surface area contributed by atoms with Gasteiger partial charge in [0.2, 0.25) is 0 Å². The molecule has 0 fully saturated rings. The zero-order valence-electron chi connectivity index (χ0n) is 17.2. The summed E-state index contributed by atoms with van der Waals surface area (Å²) < 4.78 is 9.13. The average molecular weight is 436 g/mol. The molecule has 4 aromatic rings. The van der Waals surface area contributed by atoms with E-state index in [0.717, 1.165) is 22.4 Å². The average Bonchev–Trinajstić information content (AvgIpc) is 3.40. The van der Waals surface area contributed by atoms with Crippen molar-refractivity contribution in [3.63, 3.8) is 0 Å². The number of anilines is 1. The summed E-state index contributed by atoms with van der Waals surface area (Å²) in [5.74, 6) is 0.482. The molecule has 2 heterocycles. The molecular weight excluding hydrogens is 414 g/mol. The van der Waals surface area contributed by atoms with Gasteiger partial charge in [-0.2, -0.15) is 10.2 Å². The molecule has 0 radical (unpaired) electrons. The minimum Gasteiger partial charge on any atom is -0.471 e. The normalized spacial score (nSPS) is 10.8. The van der Waals surface area contributed by atoms with Crippen LogP contribution in [0.4, 0.5) is 5.69 Å². The Hall–Kier alpha value is -3.58. The fraction of sp³-hybridized carbons (Fsp3) is 0.174. The lowest BCUT2D eigenvalue weighted by Crippen LogP contribution is -2.14. The second-order valence-electron chi connectivity index (χ2n) is 7.25. The molecule has 1 amide bonds. The number of hydrogen-bond acceptors (Lipinski definition) is 4. The SMILES string of the molecule is Cc1ccc(C)c(OCn2ccc(C(=O)Nc3cnn(Cc4ccccc4Cl)c3)n2)c1. The highest BCUT2D eigenvalue weighted by atomic mass is 35.5. The standard InChI is InChI=1S/C23H22ClN5O2/c1-16-7-8-17(2)22(11-16)31-15-28-10-9-21(27-28)23(30)26-19-12-25-29(14-19)13-18-5-3-4-6-20(18)24/h3-12,14H,13,15H2,1-2H3,(H,26,30). The molecule has 0 aliphatic rings. The number of nitrogens with zero attached hydrogens (tertiary/aromatic N) is 4. The number of nitrogens with one attached hydrogen (secondary N) is 1. The number of benzene rings is 2. The monoisotopic (exact) mass is 435 g/mol. The second kappa shape index (κ2) is 9.06. The number of carbonyl (C=O) groups is 1. The first-order valence-corrected chi connectivity index (χ1v) is 10.2. The van der Waals surface area contributed by atoms with Crippen LogP contribution in [-0.2, 0) is 13.3 Å². The molecule has 0 spiro atoms. The van der Waals surface area contributed by atoms with Crippen LogP contribution in [0.25, 0.3) is 0 Å². The number of aryl methyl sites for hydroxylation is 2. The Morgan fingerprint density at radius 2 is 1.97 bits per heavy atom. The molecule has 2 aromatic heterocycles. The number of ether oxygens (including phenoxy) is 1. The topological polar surface area (TPSA) is 74.0 Å². The summed E-state index contributed by atoms with van der Waals surface area (Å²) in [7, 11) is 0. The lowest BCUT2D eigenvalue weighted by molar-refractivity contribution is 0.102. The fourth-order valence-electron chi connectivity index (χ4n) is 3.06. The van der Waals surface area contributed by atoms with E-state index < -0.39 is 0 Å². The Balaban J connectivity index is 1.35. The lowest BCUT2D eigenvalue weighted by Gasteiger charge is -2.09. The van der Waals surface area contributed by atoms with E-state index in [4.69, 9.17) is 16.3 Å². The molecule has 0 bridgehead atoms. The Kier molecular flexibility index (Phi) is 6.04. The molecule has 0 atom stereocenters. The molecule has 0 unspecified atom stereocenters. The van der Waals surface area contributed by atoms with E-state index in [1.807, 2.05) is 56.3 Å². The van der Waals surface area contributed by atoms with Crippen molar-refractivity contribution in [2.24, 2.45) is 0 Å². The van der Waals surface area contributed by atoms with Crippen molar-refractivity contribution >= 4 is 23.2 Å². The van der Waals surface area contributed by atoms with Crippen molar-refractivity contribution in [2.75, 3.05) is 5.32 Å². The molecule has 2 aromatic carbocycles. The molecule has 0 saturated carbocycles. The van der Waals surface area contributed by atoms with Crippen molar-refractivity contribution in [3.8, 4) is 5.75 Å². The molecular formula is C23H22ClN5O2. The van der Waals surface area contributed by atoms with Crippen LogP contribution in [0.3, 0.4) is 0 Å². The van der Waals surface area contributed by atoms with Gasteiger partial charge >= 0.3 is 0 Å². The van der Waals surface area contributed by atoms with Crippen LogP contribution in [0.5, 0.6) is 5.75 Å². The summed E-state index contributed by atoms with van der Waals surface area (Å²) in [5, 5.41) is 12.1. The largest absolute Gasteiger partial charge is 0.471 e. The molecule has 4 rings (SSSR count). The van der Waals surface area contributed by atoms with E-state index in [1.54, 1.807) is 34.0 Å². The third kappa shape index (κ3) is 5.13. The van der Waals surface area contributed by atoms with Gasteiger partial charge in [0.1, 0.15) is 5.75 Å². The van der Waals surface area contributed by atoms with Gasteiger partial charge in [0.05, 0.1) is 18.4 Å². The first-order chi connectivity index (χ1) is 15.0. The van der Waals surface area contributed by atoms with E-state index in [0.29, 0.717) is 22.9 Å². The number of hydrogen-bond donors (Lipinski definition) is 1. The van der Waals surface area contributed by atoms with Gasteiger partial charge in [0.25, 0.3) is 5.91 Å². The van der Waals surface area contributed by atoms with Gasteiger partial charge < -0.3 is 10.1 Å². The smallest absolute Gasteiger partial charge is 0.276 e. The van der Waals surface area contributed by atoms with Crippen LogP contribution in [0.2, 0.25) is 5.02 Å². The van der Waals surface area contributed by atoms with Crippen molar-refractivity contribution in [1.29, 1.82) is 0 Å². The van der Waals surface area contributed by atoms with Gasteiger partial charge in [0, 0.05) is 17.4 Å². The highest BCUT2D eigenvalue weighted by molar-refractivity contribution is 6.31. The van der Waals surface area contributed by atoms with Crippen LogP contribution in [0, 0.1) is 13.8 Å². The summed E-state index contributed by atoms with van der Waals surface area (Å²) in [6.45, 7) is 4.73. The summed E-state index contributed by atoms with van der Waals surface area (Å²) in [4.78, 5) is 12.5. The summed E-state index contributed by atoms with van der Waals surface area (Å²) >= 11 is 6.20. The Labute approximate surface area is 185 Å². The number of halogens is 1. The van der Waals surface area contributed by atoms with Crippen LogP contribution in [0.1, 0.15) is 27.2 Å². The zero-order valence-corrected chi connectivity index (χ0v) is 18.0. The van der Waals surface area contributed by atoms with Crippen molar-refractivity contribution in [3.05, 3.63) is 94.5 Å². The fourth-order valence-corrected chi connectivity index (χ4v) is 3.26. The number of aromatic nitrogens is 4. The maximum absolute atomic E-state index is 12.5. The van der Waals surface area contributed by atoms with Crippen LogP contribution >= 0.6 is 11.6 Å². The van der Waals surface area contributed by atoms with Gasteiger partial charge in [-0.15, -0.1) is 0 Å². The van der Waals surface area contributed by atoms with E-state index in [2.05, 4.69) is 15.5 Å². The van der Waals surface area contributed by atoms with Crippen molar-refractivity contribution in [2.45, 2.75) is 27.1 Å². The Morgan fingerprint density at radius 1 is 1.13 bits per heavy atom. The van der Waals surface area contributed by atoms with Gasteiger partial charge in [-0.05, 0) is 48.7 Å². The molecule has 31 heavy (non-hydrogen) atoms. The second-order valence-corrected chi connectivity index (χ2v) is 7.66. The van der Waals surface area contributed by atoms with Crippen molar-refractivity contribution < 1.29 is 9.53 Å². The maximum Gasteiger partial charge on any atom is 0.276 e. The molecule has 7 nitrogen and oxygen atoms in total. The lowest BCUT2D eigenvalue weighted by atomic mass is 10.1. The molecule has 0 aliphatic carbocycles.